The summed E-state index contributed by atoms with van der Waals surface area (Å²) in [7, 11) is 4.04. The zero-order chi connectivity index (χ0) is 25.9. The summed E-state index contributed by atoms with van der Waals surface area (Å²) >= 11 is 0. The van der Waals surface area contributed by atoms with Crippen molar-refractivity contribution < 1.29 is 17.9 Å². The molecular weight excluding hydrogens is 487 g/mol. The van der Waals surface area contributed by atoms with Gasteiger partial charge < -0.3 is 19.9 Å². The monoisotopic (exact) mass is 515 g/mol. The maximum absolute atomic E-state index is 15.4. The van der Waals surface area contributed by atoms with Crippen molar-refractivity contribution in [1.29, 1.82) is 0 Å². The topological polar surface area (TPSA) is 89.2 Å². The van der Waals surface area contributed by atoms with Gasteiger partial charge in [-0.3, -0.25) is 4.68 Å². The van der Waals surface area contributed by atoms with Gasteiger partial charge in [0.25, 0.3) is 0 Å². The summed E-state index contributed by atoms with van der Waals surface area (Å²) in [4.78, 5) is 12.5. The minimum Gasteiger partial charge on any atom is -0.378 e. The number of morpholine rings is 1. The fourth-order valence-corrected chi connectivity index (χ4v) is 4.24. The number of hydrogen-bond acceptors (Lipinski definition) is 8. The first-order chi connectivity index (χ1) is 17.9. The van der Waals surface area contributed by atoms with Crippen molar-refractivity contribution in [3.05, 3.63) is 53.9 Å². The minimum absolute atomic E-state index is 0.00763. The molecule has 0 saturated carbocycles. The second kappa shape index (κ2) is 10.7. The van der Waals surface area contributed by atoms with Gasteiger partial charge in [0.15, 0.2) is 23.1 Å². The summed E-state index contributed by atoms with van der Waals surface area (Å²) in [5.41, 5.74) is 0.645. The van der Waals surface area contributed by atoms with E-state index in [2.05, 4.69) is 30.4 Å². The van der Waals surface area contributed by atoms with Crippen LogP contribution in [0.1, 0.15) is 12.0 Å². The molecule has 1 fully saturated rings. The molecule has 0 amide bonds. The van der Waals surface area contributed by atoms with Crippen LogP contribution in [0.3, 0.4) is 0 Å². The average molecular weight is 516 g/mol. The van der Waals surface area contributed by atoms with Gasteiger partial charge in [-0.1, -0.05) is 0 Å². The van der Waals surface area contributed by atoms with E-state index in [4.69, 9.17) is 4.74 Å². The van der Waals surface area contributed by atoms with E-state index in [1.54, 1.807) is 17.3 Å². The molecule has 4 aromatic rings. The number of rotatable bonds is 9. The van der Waals surface area contributed by atoms with Crippen molar-refractivity contribution >= 4 is 28.4 Å². The number of nitrogens with one attached hydrogen (secondary N) is 1. The first-order valence-electron chi connectivity index (χ1n) is 12.0. The first kappa shape index (κ1) is 25.0. The number of benzene rings is 1. The van der Waals surface area contributed by atoms with Crippen LogP contribution in [0.4, 0.5) is 30.5 Å². The molecule has 0 radical (unpaired) electrons. The number of hydrogen-bond donors (Lipinski definition) is 1. The van der Waals surface area contributed by atoms with Gasteiger partial charge in [0, 0.05) is 38.1 Å². The number of anilines is 3. The summed E-state index contributed by atoms with van der Waals surface area (Å²) in [6.45, 7) is 2.94. The molecule has 37 heavy (non-hydrogen) atoms. The molecule has 1 saturated heterocycles. The van der Waals surface area contributed by atoms with E-state index >= 15 is 4.39 Å². The third-order valence-corrected chi connectivity index (χ3v) is 6.15. The molecule has 0 atom stereocenters. The molecule has 1 aliphatic rings. The van der Waals surface area contributed by atoms with Crippen LogP contribution in [-0.4, -0.2) is 81.4 Å². The first-order valence-corrected chi connectivity index (χ1v) is 12.0. The van der Waals surface area contributed by atoms with Gasteiger partial charge in [-0.15, -0.1) is 0 Å². The van der Waals surface area contributed by atoms with E-state index in [0.29, 0.717) is 43.0 Å². The fraction of sp³-hybridized carbons (Fsp3) is 0.417. The smallest absolute Gasteiger partial charge is 0.229 e. The van der Waals surface area contributed by atoms with Crippen molar-refractivity contribution in [1.82, 2.24) is 34.4 Å². The quantitative estimate of drug-likeness (QED) is 0.341. The van der Waals surface area contributed by atoms with Gasteiger partial charge in [0.05, 0.1) is 54.5 Å². The fourth-order valence-electron chi connectivity index (χ4n) is 4.24. The lowest BCUT2D eigenvalue weighted by atomic mass is 10.1. The molecule has 1 aliphatic heterocycles. The molecule has 5 rings (SSSR count). The maximum atomic E-state index is 15.4. The molecule has 1 N–H and O–H groups in total. The summed E-state index contributed by atoms with van der Waals surface area (Å²) in [5, 5.41) is 12.2. The molecule has 0 spiro atoms. The summed E-state index contributed by atoms with van der Waals surface area (Å²) < 4.78 is 53.1. The zero-order valence-corrected chi connectivity index (χ0v) is 20.7. The summed E-state index contributed by atoms with van der Waals surface area (Å²) in [6.07, 6.45) is 7.54. The Morgan fingerprint density at radius 2 is 1.86 bits per heavy atom. The Morgan fingerprint density at radius 1 is 1.05 bits per heavy atom. The highest BCUT2D eigenvalue weighted by Gasteiger charge is 2.24. The Bertz CT molecular complexity index is 1380. The molecule has 10 nitrogen and oxygen atoms in total. The lowest BCUT2D eigenvalue weighted by Gasteiger charge is -2.29. The van der Waals surface area contributed by atoms with Crippen molar-refractivity contribution in [3.8, 4) is 0 Å². The second-order valence-corrected chi connectivity index (χ2v) is 9.13. The van der Waals surface area contributed by atoms with Crippen LogP contribution in [-0.2, 0) is 17.8 Å². The number of nitrogens with zero attached hydrogens (tertiary/aromatic N) is 8. The van der Waals surface area contributed by atoms with Gasteiger partial charge in [-0.25, -0.2) is 22.8 Å². The van der Waals surface area contributed by atoms with Crippen LogP contribution in [0.2, 0.25) is 0 Å². The van der Waals surface area contributed by atoms with E-state index in [9.17, 15) is 8.78 Å². The van der Waals surface area contributed by atoms with Crippen LogP contribution in [0.15, 0.2) is 30.9 Å². The molecular formula is C24H28F3N9O. The van der Waals surface area contributed by atoms with Crippen molar-refractivity contribution in [2.45, 2.75) is 19.5 Å². The molecule has 13 heteroatoms. The van der Waals surface area contributed by atoms with Crippen LogP contribution in [0.5, 0.6) is 0 Å². The largest absolute Gasteiger partial charge is 0.378 e. The Labute approximate surface area is 211 Å². The Kier molecular flexibility index (Phi) is 7.24. The van der Waals surface area contributed by atoms with E-state index in [0.717, 1.165) is 25.6 Å². The highest BCUT2D eigenvalue weighted by molar-refractivity contribution is 5.75. The van der Waals surface area contributed by atoms with Crippen LogP contribution in [0, 0.1) is 17.5 Å². The predicted molar refractivity (Wildman–Crippen MR) is 132 cm³/mol. The molecule has 0 aliphatic carbocycles. The minimum atomic E-state index is -1.24. The average Bonchev–Trinajstić information content (AvgIpc) is 3.51. The Hall–Kier alpha value is -3.71. The number of aryl methyl sites for hydroxylation is 1. The maximum Gasteiger partial charge on any atom is 0.229 e. The van der Waals surface area contributed by atoms with Gasteiger partial charge in [0.1, 0.15) is 0 Å². The SMILES string of the molecule is CN(C)CCCn1cc(Nc2ncc3cnn(Cc4c(F)c(F)cc(N5CCOCC5)c4F)c3n2)cn1. The number of fused-ring (bicyclic) bond motifs is 1. The highest BCUT2D eigenvalue weighted by Crippen LogP contribution is 2.29. The van der Waals surface area contributed by atoms with Crippen LogP contribution in [0.25, 0.3) is 11.0 Å². The number of aromatic nitrogens is 6. The second-order valence-electron chi connectivity index (χ2n) is 9.13. The van der Waals surface area contributed by atoms with Gasteiger partial charge in [0.2, 0.25) is 5.95 Å². The Morgan fingerprint density at radius 3 is 2.65 bits per heavy atom. The van der Waals surface area contributed by atoms with E-state index in [1.807, 2.05) is 25.0 Å². The molecule has 3 aromatic heterocycles. The van der Waals surface area contributed by atoms with Gasteiger partial charge >= 0.3 is 0 Å². The lowest BCUT2D eigenvalue weighted by Crippen LogP contribution is -2.37. The van der Waals surface area contributed by atoms with E-state index in [-0.39, 0.29) is 18.2 Å². The predicted octanol–water partition coefficient (Wildman–Crippen LogP) is 3.02. The van der Waals surface area contributed by atoms with Crippen molar-refractivity contribution in [3.63, 3.8) is 0 Å². The van der Waals surface area contributed by atoms with Crippen molar-refractivity contribution in [2.75, 3.05) is 57.2 Å². The summed E-state index contributed by atoms with van der Waals surface area (Å²) in [5.74, 6) is -2.91. The number of halogens is 3. The normalized spacial score (nSPS) is 14.2. The third kappa shape index (κ3) is 5.52. The van der Waals surface area contributed by atoms with Crippen LogP contribution < -0.4 is 10.2 Å². The van der Waals surface area contributed by atoms with Gasteiger partial charge in [-0.2, -0.15) is 15.2 Å². The number of ether oxygens (including phenoxy) is 1. The summed E-state index contributed by atoms with van der Waals surface area (Å²) in [6, 6.07) is 0.894. The molecule has 4 heterocycles. The van der Waals surface area contributed by atoms with Crippen LogP contribution >= 0.6 is 0 Å². The standard InChI is InChI=1S/C24H28F3N9O/c1-33(2)4-3-5-35-14-17(13-29-35)31-24-28-11-16-12-30-36(23(16)32-24)15-18-21(26)19(25)10-20(22(18)27)34-6-8-37-9-7-34/h10-14H,3-9,15H2,1-2H3,(H,28,31,32). The van der Waals surface area contributed by atoms with Gasteiger partial charge in [-0.05, 0) is 27.1 Å². The Balaban J connectivity index is 1.37. The van der Waals surface area contributed by atoms with E-state index in [1.165, 1.54) is 10.9 Å². The molecule has 0 unspecified atom stereocenters. The van der Waals surface area contributed by atoms with Crippen molar-refractivity contribution in [2.24, 2.45) is 0 Å². The van der Waals surface area contributed by atoms with E-state index < -0.39 is 23.0 Å². The highest BCUT2D eigenvalue weighted by atomic mass is 19.2. The molecule has 196 valence electrons. The molecule has 0 bridgehead atoms. The lowest BCUT2D eigenvalue weighted by molar-refractivity contribution is 0.122. The zero-order valence-electron chi connectivity index (χ0n) is 20.7. The third-order valence-electron chi connectivity index (χ3n) is 6.15. The molecule has 1 aromatic carbocycles.